The minimum absolute atomic E-state index is 0.0200. The van der Waals surface area contributed by atoms with Gasteiger partial charge >= 0.3 is 0 Å². The highest BCUT2D eigenvalue weighted by Gasteiger charge is 2.24. The van der Waals surface area contributed by atoms with Gasteiger partial charge in [-0.25, -0.2) is 0 Å². The van der Waals surface area contributed by atoms with Crippen molar-refractivity contribution in [3.8, 4) is 23.0 Å². The Morgan fingerprint density at radius 3 is 2.73 bits per heavy atom. The number of rotatable bonds is 5. The molecular weight excluding hydrogens is 430 g/mol. The van der Waals surface area contributed by atoms with E-state index in [-0.39, 0.29) is 42.6 Å². The maximum Gasteiger partial charge on any atom is 0.270 e. The quantitative estimate of drug-likeness (QED) is 0.308. The van der Waals surface area contributed by atoms with Gasteiger partial charge in [0.1, 0.15) is 17.9 Å². The van der Waals surface area contributed by atoms with Gasteiger partial charge < -0.3 is 23.0 Å². The number of aryl methyl sites for hydroxylation is 2. The first-order chi connectivity index (χ1) is 15.9. The van der Waals surface area contributed by atoms with E-state index in [2.05, 4.69) is 0 Å². The van der Waals surface area contributed by atoms with Crippen molar-refractivity contribution in [1.29, 1.82) is 0 Å². The van der Waals surface area contributed by atoms with E-state index in [0.717, 1.165) is 11.1 Å². The smallest absolute Gasteiger partial charge is 0.270 e. The predicted octanol–water partition coefficient (Wildman–Crippen LogP) is 5.02. The average Bonchev–Trinajstić information content (AvgIpc) is 3.34. The second-order valence-corrected chi connectivity index (χ2v) is 7.75. The van der Waals surface area contributed by atoms with E-state index in [0.29, 0.717) is 33.6 Å². The second kappa shape index (κ2) is 8.10. The molecule has 0 saturated heterocycles. The van der Waals surface area contributed by atoms with Crippen LogP contribution in [0.1, 0.15) is 22.3 Å². The molecule has 2 aromatic heterocycles. The number of ether oxygens (including phenoxy) is 3. The van der Waals surface area contributed by atoms with Gasteiger partial charge in [-0.3, -0.25) is 14.9 Å². The molecule has 0 bridgehead atoms. The highest BCUT2D eigenvalue weighted by molar-refractivity contribution is 5.82. The number of nitro benzene ring substituents is 1. The molecule has 0 spiro atoms. The van der Waals surface area contributed by atoms with Crippen molar-refractivity contribution in [2.45, 2.75) is 27.1 Å². The third-order valence-electron chi connectivity index (χ3n) is 5.56. The van der Waals surface area contributed by atoms with E-state index in [9.17, 15) is 14.9 Å². The normalized spacial score (nSPS) is 12.9. The van der Waals surface area contributed by atoms with Gasteiger partial charge in [0.15, 0.2) is 12.6 Å². The number of nitrogens with zero attached hydrogens (tertiary/aromatic N) is 1. The number of furan rings is 1. The molecule has 1 aliphatic heterocycles. The summed E-state index contributed by atoms with van der Waals surface area (Å²) in [4.78, 5) is 24.3. The molecule has 33 heavy (non-hydrogen) atoms. The summed E-state index contributed by atoms with van der Waals surface area (Å²) in [5, 5.41) is 11.8. The fourth-order valence-corrected chi connectivity index (χ4v) is 3.78. The molecule has 2 aromatic carbocycles. The molecule has 0 saturated carbocycles. The molecule has 9 heteroatoms. The van der Waals surface area contributed by atoms with E-state index in [1.54, 1.807) is 24.3 Å². The fourth-order valence-electron chi connectivity index (χ4n) is 3.78. The molecule has 0 unspecified atom stereocenters. The summed E-state index contributed by atoms with van der Waals surface area (Å²) in [6, 6.07) is 9.66. The lowest BCUT2D eigenvalue weighted by molar-refractivity contribution is -0.385. The van der Waals surface area contributed by atoms with Gasteiger partial charge in [-0.2, -0.15) is 0 Å². The molecule has 0 radical (unpaired) electrons. The monoisotopic (exact) mass is 449 g/mol. The Balaban J connectivity index is 1.62. The number of nitro groups is 1. The van der Waals surface area contributed by atoms with Crippen molar-refractivity contribution >= 4 is 16.7 Å². The van der Waals surface area contributed by atoms with E-state index >= 15 is 0 Å². The fraction of sp³-hybridized carbons (Fsp3) is 0.208. The molecule has 0 atom stereocenters. The zero-order chi connectivity index (χ0) is 23.1. The standard InChI is InChI=1S/C24H19NO8/c1-13-6-18-20(7-14(13)2)33-23(19-4-3-5-30-19)24(21(18)26)31-11-16-9-17(25(27)28)8-15-10-29-12-32-22(15)16/h3-9H,10-12H2,1-2H3. The number of benzene rings is 2. The minimum Gasteiger partial charge on any atom is -0.481 e. The molecule has 0 aliphatic carbocycles. The Hall–Kier alpha value is -4.11. The van der Waals surface area contributed by atoms with Crippen LogP contribution in [0.25, 0.3) is 22.5 Å². The summed E-state index contributed by atoms with van der Waals surface area (Å²) in [7, 11) is 0. The van der Waals surface area contributed by atoms with Crippen LogP contribution in [0, 0.1) is 24.0 Å². The molecule has 4 aromatic rings. The second-order valence-electron chi connectivity index (χ2n) is 7.75. The molecule has 3 heterocycles. The topological polar surface area (TPSA) is 114 Å². The summed E-state index contributed by atoms with van der Waals surface area (Å²) in [5.74, 6) is 0.869. The van der Waals surface area contributed by atoms with Gasteiger partial charge in [0.2, 0.25) is 16.9 Å². The Morgan fingerprint density at radius 2 is 1.97 bits per heavy atom. The summed E-state index contributed by atoms with van der Waals surface area (Å²) >= 11 is 0. The lowest BCUT2D eigenvalue weighted by Crippen LogP contribution is -2.16. The Bertz CT molecular complexity index is 1440. The van der Waals surface area contributed by atoms with Crippen LogP contribution in [0.2, 0.25) is 0 Å². The van der Waals surface area contributed by atoms with Crippen molar-refractivity contribution in [1.82, 2.24) is 0 Å². The van der Waals surface area contributed by atoms with Crippen LogP contribution in [-0.4, -0.2) is 11.7 Å². The van der Waals surface area contributed by atoms with Gasteiger partial charge in [0.25, 0.3) is 5.69 Å². The molecular formula is C24H19NO8. The van der Waals surface area contributed by atoms with Crippen LogP contribution in [0.4, 0.5) is 5.69 Å². The van der Waals surface area contributed by atoms with Crippen molar-refractivity contribution in [3.05, 3.63) is 85.3 Å². The summed E-state index contributed by atoms with van der Waals surface area (Å²) in [6.07, 6.45) is 1.47. The minimum atomic E-state index is -0.498. The summed E-state index contributed by atoms with van der Waals surface area (Å²) in [5.41, 5.74) is 2.80. The van der Waals surface area contributed by atoms with E-state index in [1.807, 2.05) is 13.8 Å². The third kappa shape index (κ3) is 3.72. The number of hydrogen-bond acceptors (Lipinski definition) is 8. The van der Waals surface area contributed by atoms with Gasteiger partial charge in [-0.15, -0.1) is 0 Å². The van der Waals surface area contributed by atoms with Crippen molar-refractivity contribution < 1.29 is 28.0 Å². The first-order valence-corrected chi connectivity index (χ1v) is 10.2. The van der Waals surface area contributed by atoms with Crippen LogP contribution < -0.4 is 14.9 Å². The molecule has 0 amide bonds. The van der Waals surface area contributed by atoms with Gasteiger partial charge in [0.05, 0.1) is 23.2 Å². The lowest BCUT2D eigenvalue weighted by Gasteiger charge is -2.20. The van der Waals surface area contributed by atoms with E-state index < -0.39 is 4.92 Å². The largest absolute Gasteiger partial charge is 0.481 e. The maximum atomic E-state index is 13.4. The highest BCUT2D eigenvalue weighted by atomic mass is 16.7. The molecule has 0 N–H and O–H groups in total. The van der Waals surface area contributed by atoms with Crippen molar-refractivity contribution in [2.24, 2.45) is 0 Å². The van der Waals surface area contributed by atoms with Gasteiger partial charge in [-0.05, 0) is 49.2 Å². The van der Waals surface area contributed by atoms with Crippen LogP contribution in [-0.2, 0) is 18.0 Å². The van der Waals surface area contributed by atoms with Gasteiger partial charge in [-0.1, -0.05) is 0 Å². The average molecular weight is 449 g/mol. The van der Waals surface area contributed by atoms with Crippen LogP contribution >= 0.6 is 0 Å². The highest BCUT2D eigenvalue weighted by Crippen LogP contribution is 2.36. The number of non-ortho nitro benzene ring substituents is 1. The van der Waals surface area contributed by atoms with Gasteiger partial charge in [0, 0.05) is 23.3 Å². The van der Waals surface area contributed by atoms with Crippen LogP contribution in [0.3, 0.4) is 0 Å². The van der Waals surface area contributed by atoms with E-state index in [4.69, 9.17) is 23.0 Å². The molecule has 5 rings (SSSR count). The zero-order valence-corrected chi connectivity index (χ0v) is 17.9. The molecule has 168 valence electrons. The SMILES string of the molecule is Cc1cc2oc(-c3ccco3)c(OCc3cc([N+](=O)[O-])cc4c3OCOC4)c(=O)c2cc1C. The molecule has 9 nitrogen and oxygen atoms in total. The summed E-state index contributed by atoms with van der Waals surface area (Å²) < 4.78 is 28.3. The molecule has 0 fully saturated rings. The Morgan fingerprint density at radius 1 is 1.15 bits per heavy atom. The Kier molecular flexibility index (Phi) is 5.10. The molecule has 1 aliphatic rings. The van der Waals surface area contributed by atoms with Crippen molar-refractivity contribution in [3.63, 3.8) is 0 Å². The first-order valence-electron chi connectivity index (χ1n) is 10.2. The zero-order valence-electron chi connectivity index (χ0n) is 17.9. The van der Waals surface area contributed by atoms with Crippen molar-refractivity contribution in [2.75, 3.05) is 6.79 Å². The van der Waals surface area contributed by atoms with E-state index in [1.165, 1.54) is 18.4 Å². The first kappa shape index (κ1) is 20.8. The number of fused-ring (bicyclic) bond motifs is 2. The predicted molar refractivity (Wildman–Crippen MR) is 117 cm³/mol. The Labute approximate surface area is 187 Å². The maximum absolute atomic E-state index is 13.4. The summed E-state index contributed by atoms with van der Waals surface area (Å²) in [6.45, 7) is 3.88. The van der Waals surface area contributed by atoms with Crippen LogP contribution in [0.15, 0.2) is 56.3 Å². The lowest BCUT2D eigenvalue weighted by atomic mass is 10.1. The third-order valence-corrected chi connectivity index (χ3v) is 5.56. The number of hydrogen-bond donors (Lipinski definition) is 0. The van der Waals surface area contributed by atoms with Crippen LogP contribution in [0.5, 0.6) is 11.5 Å².